The van der Waals surface area contributed by atoms with Gasteiger partial charge in [0.1, 0.15) is 5.82 Å². The molecule has 0 unspecified atom stereocenters. The average molecular weight is 262 g/mol. The molecule has 3 nitrogen and oxygen atoms in total. The van der Waals surface area contributed by atoms with E-state index in [1.165, 1.54) is 5.56 Å². The lowest BCUT2D eigenvalue weighted by molar-refractivity contribution is 0.584. The molecule has 0 amide bonds. The predicted octanol–water partition coefficient (Wildman–Crippen LogP) is 2.61. The lowest BCUT2D eigenvalue weighted by atomic mass is 10.1. The van der Waals surface area contributed by atoms with E-state index < -0.39 is 0 Å². The Morgan fingerprint density at radius 3 is 2.83 bits per heavy atom. The number of fused-ring (bicyclic) bond motifs is 1. The van der Waals surface area contributed by atoms with E-state index in [0.29, 0.717) is 0 Å². The molecule has 1 aromatic heterocycles. The molecule has 1 fully saturated rings. The molecule has 94 valence electrons. The van der Waals surface area contributed by atoms with Crippen LogP contribution in [0.1, 0.15) is 5.56 Å². The molecule has 1 aliphatic heterocycles. The molecular weight excluding hydrogens is 246 g/mol. The third-order valence-electron chi connectivity index (χ3n) is 3.38. The van der Waals surface area contributed by atoms with Crippen LogP contribution in [0.25, 0.3) is 10.9 Å². The molecule has 0 radical (unpaired) electrons. The van der Waals surface area contributed by atoms with Gasteiger partial charge < -0.3 is 10.2 Å². The van der Waals surface area contributed by atoms with Gasteiger partial charge in [-0.2, -0.15) is 0 Å². The van der Waals surface area contributed by atoms with Gasteiger partial charge >= 0.3 is 0 Å². The lowest BCUT2D eigenvalue weighted by Crippen LogP contribution is -2.44. The number of aryl methyl sites for hydroxylation is 1. The van der Waals surface area contributed by atoms with Gasteiger partial charge in [0.25, 0.3) is 0 Å². The van der Waals surface area contributed by atoms with Gasteiger partial charge in [0, 0.05) is 31.6 Å². The van der Waals surface area contributed by atoms with Gasteiger partial charge in [-0.15, -0.1) is 0 Å². The molecule has 0 atom stereocenters. The Morgan fingerprint density at radius 2 is 2.06 bits per heavy atom. The fraction of sp³-hybridized carbons (Fsp3) is 0.357. The van der Waals surface area contributed by atoms with Crippen molar-refractivity contribution in [2.75, 3.05) is 31.1 Å². The summed E-state index contributed by atoms with van der Waals surface area (Å²) in [5, 5.41) is 5.19. The second-order valence-electron chi connectivity index (χ2n) is 4.68. The topological polar surface area (TPSA) is 28.2 Å². The summed E-state index contributed by atoms with van der Waals surface area (Å²) < 4.78 is 0. The van der Waals surface area contributed by atoms with Crippen LogP contribution in [0.15, 0.2) is 24.3 Å². The zero-order chi connectivity index (χ0) is 12.5. The fourth-order valence-corrected chi connectivity index (χ4v) is 2.68. The van der Waals surface area contributed by atoms with Gasteiger partial charge in [0.2, 0.25) is 0 Å². The van der Waals surface area contributed by atoms with Gasteiger partial charge in [0.15, 0.2) is 0 Å². The van der Waals surface area contributed by atoms with Crippen LogP contribution in [0.2, 0.25) is 5.02 Å². The Hall–Kier alpha value is -1.32. The van der Waals surface area contributed by atoms with Gasteiger partial charge in [-0.05, 0) is 24.6 Å². The van der Waals surface area contributed by atoms with Crippen LogP contribution in [0.5, 0.6) is 0 Å². The van der Waals surface area contributed by atoms with Crippen LogP contribution in [0, 0.1) is 6.92 Å². The maximum absolute atomic E-state index is 6.23. The van der Waals surface area contributed by atoms with E-state index in [2.05, 4.69) is 29.3 Å². The summed E-state index contributed by atoms with van der Waals surface area (Å²) >= 11 is 6.23. The Kier molecular flexibility index (Phi) is 3.10. The maximum atomic E-state index is 6.23. The first-order valence-corrected chi connectivity index (χ1v) is 6.65. The normalized spacial score (nSPS) is 16.2. The van der Waals surface area contributed by atoms with Crippen LogP contribution in [0.4, 0.5) is 5.82 Å². The minimum Gasteiger partial charge on any atom is -0.354 e. The minimum atomic E-state index is 0.726. The Labute approximate surface area is 112 Å². The van der Waals surface area contributed by atoms with Crippen LogP contribution < -0.4 is 10.2 Å². The molecule has 1 aliphatic rings. The number of anilines is 1. The van der Waals surface area contributed by atoms with E-state index in [1.807, 2.05) is 12.1 Å². The molecule has 0 bridgehead atoms. The van der Waals surface area contributed by atoms with Crippen molar-refractivity contribution >= 4 is 28.3 Å². The second-order valence-corrected chi connectivity index (χ2v) is 5.08. The van der Waals surface area contributed by atoms with Gasteiger partial charge in [-0.25, -0.2) is 4.98 Å². The summed E-state index contributed by atoms with van der Waals surface area (Å²) in [5.74, 6) is 1.07. The van der Waals surface area contributed by atoms with Crippen molar-refractivity contribution in [2.45, 2.75) is 6.92 Å². The molecule has 0 spiro atoms. The van der Waals surface area contributed by atoms with E-state index >= 15 is 0 Å². The maximum Gasteiger partial charge on any atom is 0.132 e. The number of aromatic nitrogens is 1. The number of hydrogen-bond donors (Lipinski definition) is 1. The van der Waals surface area contributed by atoms with Crippen molar-refractivity contribution in [1.82, 2.24) is 10.3 Å². The highest BCUT2D eigenvalue weighted by molar-refractivity contribution is 6.35. The molecule has 0 saturated carbocycles. The lowest BCUT2D eigenvalue weighted by Gasteiger charge is -2.29. The first-order chi connectivity index (χ1) is 8.75. The summed E-state index contributed by atoms with van der Waals surface area (Å²) in [6.07, 6.45) is 0. The summed E-state index contributed by atoms with van der Waals surface area (Å²) in [4.78, 5) is 7.09. The number of pyridine rings is 1. The molecule has 4 heteroatoms. The van der Waals surface area contributed by atoms with Crippen LogP contribution >= 0.6 is 11.6 Å². The number of para-hydroxylation sites is 1. The Morgan fingerprint density at radius 1 is 1.28 bits per heavy atom. The van der Waals surface area contributed by atoms with Crippen molar-refractivity contribution < 1.29 is 0 Å². The van der Waals surface area contributed by atoms with E-state index in [0.717, 1.165) is 47.9 Å². The number of halogens is 1. The molecule has 1 saturated heterocycles. The minimum absolute atomic E-state index is 0.726. The third kappa shape index (κ3) is 2.04. The van der Waals surface area contributed by atoms with E-state index in [4.69, 9.17) is 16.6 Å². The van der Waals surface area contributed by atoms with Gasteiger partial charge in [0.05, 0.1) is 10.5 Å². The van der Waals surface area contributed by atoms with Crippen molar-refractivity contribution in [3.05, 3.63) is 34.9 Å². The van der Waals surface area contributed by atoms with E-state index in [-0.39, 0.29) is 0 Å². The summed E-state index contributed by atoms with van der Waals surface area (Å²) in [7, 11) is 0. The largest absolute Gasteiger partial charge is 0.354 e. The molecule has 18 heavy (non-hydrogen) atoms. The highest BCUT2D eigenvalue weighted by Gasteiger charge is 2.15. The zero-order valence-electron chi connectivity index (χ0n) is 10.4. The number of nitrogens with zero attached hydrogens (tertiary/aromatic N) is 2. The van der Waals surface area contributed by atoms with Crippen LogP contribution in [-0.4, -0.2) is 31.2 Å². The summed E-state index contributed by atoms with van der Waals surface area (Å²) in [5.41, 5.74) is 2.12. The van der Waals surface area contributed by atoms with E-state index in [9.17, 15) is 0 Å². The quantitative estimate of drug-likeness (QED) is 0.855. The molecule has 1 aromatic carbocycles. The van der Waals surface area contributed by atoms with Crippen LogP contribution in [-0.2, 0) is 0 Å². The second kappa shape index (κ2) is 4.75. The number of rotatable bonds is 1. The van der Waals surface area contributed by atoms with E-state index in [1.54, 1.807) is 0 Å². The Balaban J connectivity index is 2.11. The fourth-order valence-electron chi connectivity index (χ4n) is 2.46. The van der Waals surface area contributed by atoms with Crippen molar-refractivity contribution in [3.8, 4) is 0 Å². The van der Waals surface area contributed by atoms with Crippen molar-refractivity contribution in [2.24, 2.45) is 0 Å². The number of nitrogens with one attached hydrogen (secondary N) is 1. The SMILES string of the molecule is Cc1cc2cccc(Cl)c2nc1N1CCNCC1. The summed E-state index contributed by atoms with van der Waals surface area (Å²) in [6.45, 7) is 6.15. The molecular formula is C14H16ClN3. The van der Waals surface area contributed by atoms with Crippen molar-refractivity contribution in [1.29, 1.82) is 0 Å². The molecule has 2 heterocycles. The number of benzene rings is 1. The monoisotopic (exact) mass is 261 g/mol. The summed E-state index contributed by atoms with van der Waals surface area (Å²) in [6, 6.07) is 8.10. The first-order valence-electron chi connectivity index (χ1n) is 6.27. The first kappa shape index (κ1) is 11.8. The highest BCUT2D eigenvalue weighted by Crippen LogP contribution is 2.27. The van der Waals surface area contributed by atoms with Gasteiger partial charge in [-0.3, -0.25) is 0 Å². The standard InChI is InChI=1S/C14H16ClN3/c1-10-9-11-3-2-4-12(15)13(11)17-14(10)18-7-5-16-6-8-18/h2-4,9,16H,5-8H2,1H3. The smallest absolute Gasteiger partial charge is 0.132 e. The number of hydrogen-bond acceptors (Lipinski definition) is 3. The molecule has 0 aliphatic carbocycles. The zero-order valence-corrected chi connectivity index (χ0v) is 11.2. The molecule has 2 aromatic rings. The molecule has 1 N–H and O–H groups in total. The van der Waals surface area contributed by atoms with Crippen LogP contribution in [0.3, 0.4) is 0 Å². The third-order valence-corrected chi connectivity index (χ3v) is 3.68. The molecule has 3 rings (SSSR count). The Bertz CT molecular complexity index is 577. The predicted molar refractivity (Wildman–Crippen MR) is 76.6 cm³/mol. The number of piperazine rings is 1. The highest BCUT2D eigenvalue weighted by atomic mass is 35.5. The average Bonchev–Trinajstić information content (AvgIpc) is 2.39. The van der Waals surface area contributed by atoms with Crippen molar-refractivity contribution in [3.63, 3.8) is 0 Å². The van der Waals surface area contributed by atoms with Gasteiger partial charge in [-0.1, -0.05) is 23.7 Å².